The van der Waals surface area contributed by atoms with Gasteiger partial charge in [0.15, 0.2) is 0 Å². The molecule has 0 aromatic heterocycles. The van der Waals surface area contributed by atoms with Crippen LogP contribution in [0.5, 0.6) is 5.75 Å². The van der Waals surface area contributed by atoms with Crippen molar-refractivity contribution < 1.29 is 9.13 Å². The maximum absolute atomic E-state index is 12.1. The Hall–Kier alpha value is -1.35. The summed E-state index contributed by atoms with van der Waals surface area (Å²) in [6.45, 7) is 2.38. The van der Waals surface area contributed by atoms with Crippen molar-refractivity contribution in [3.05, 3.63) is 41.7 Å². The van der Waals surface area contributed by atoms with E-state index in [9.17, 15) is 4.39 Å². The van der Waals surface area contributed by atoms with Crippen molar-refractivity contribution >= 4 is 0 Å². The molecule has 0 fully saturated rings. The topological polar surface area (TPSA) is 35.2 Å². The van der Waals surface area contributed by atoms with Crippen LogP contribution >= 0.6 is 0 Å². The van der Waals surface area contributed by atoms with Gasteiger partial charge in [-0.25, -0.2) is 4.39 Å². The zero-order chi connectivity index (χ0) is 10.4. The number of benzene rings is 1. The summed E-state index contributed by atoms with van der Waals surface area (Å²) >= 11 is 0. The van der Waals surface area contributed by atoms with Gasteiger partial charge in [0.25, 0.3) is 0 Å². The first-order valence-electron chi connectivity index (χ1n) is 4.44. The van der Waals surface area contributed by atoms with Gasteiger partial charge in [0.1, 0.15) is 12.4 Å². The first-order chi connectivity index (χ1) is 6.76. The second-order valence-corrected chi connectivity index (χ2v) is 3.07. The maximum Gasteiger partial charge on any atom is 0.119 e. The lowest BCUT2D eigenvalue weighted by molar-refractivity contribution is 0.347. The van der Waals surface area contributed by atoms with Crippen LogP contribution in [0, 0.1) is 6.92 Å². The summed E-state index contributed by atoms with van der Waals surface area (Å²) < 4.78 is 17.4. The van der Waals surface area contributed by atoms with Gasteiger partial charge < -0.3 is 10.5 Å². The molecule has 0 aliphatic carbocycles. The monoisotopic (exact) mass is 195 g/mol. The predicted molar refractivity (Wildman–Crippen MR) is 54.9 cm³/mol. The van der Waals surface area contributed by atoms with E-state index in [-0.39, 0.29) is 13.2 Å². The van der Waals surface area contributed by atoms with Crippen molar-refractivity contribution in [3.8, 4) is 5.75 Å². The Bertz CT molecular complexity index is 306. The minimum atomic E-state index is 0.183. The number of aryl methyl sites for hydroxylation is 1. The molecule has 2 N–H and O–H groups in total. The first-order valence-corrected chi connectivity index (χ1v) is 4.44. The van der Waals surface area contributed by atoms with Crippen LogP contribution in [-0.2, 0) is 0 Å². The summed E-state index contributed by atoms with van der Waals surface area (Å²) in [7, 11) is 0. The van der Waals surface area contributed by atoms with E-state index in [1.807, 2.05) is 31.2 Å². The zero-order valence-electron chi connectivity index (χ0n) is 8.16. The van der Waals surface area contributed by atoms with Gasteiger partial charge in [-0.3, -0.25) is 0 Å². The van der Waals surface area contributed by atoms with E-state index in [0.29, 0.717) is 11.9 Å². The minimum absolute atomic E-state index is 0.183. The van der Waals surface area contributed by atoms with Crippen molar-refractivity contribution in [2.24, 2.45) is 5.73 Å². The average molecular weight is 195 g/mol. The molecule has 76 valence electrons. The molecule has 0 heterocycles. The lowest BCUT2D eigenvalue weighted by Gasteiger charge is -2.06. The fraction of sp³-hybridized carbons (Fsp3) is 0.273. The van der Waals surface area contributed by atoms with Gasteiger partial charge in [-0.1, -0.05) is 17.7 Å². The third-order valence-corrected chi connectivity index (χ3v) is 1.86. The van der Waals surface area contributed by atoms with Gasteiger partial charge >= 0.3 is 0 Å². The van der Waals surface area contributed by atoms with E-state index in [0.717, 1.165) is 11.3 Å². The average Bonchev–Trinajstić information content (AvgIpc) is 2.22. The van der Waals surface area contributed by atoms with E-state index < -0.39 is 0 Å². The molecule has 0 saturated heterocycles. The number of hydrogen-bond acceptors (Lipinski definition) is 2. The van der Waals surface area contributed by atoms with Gasteiger partial charge in [0, 0.05) is 12.1 Å². The molecular formula is C11H14FNO. The molecule has 0 unspecified atom stereocenters. The quantitative estimate of drug-likeness (QED) is 0.799. The fourth-order valence-electron chi connectivity index (χ4n) is 0.945. The van der Waals surface area contributed by atoms with Crippen LogP contribution in [0.15, 0.2) is 36.2 Å². The first kappa shape index (κ1) is 10.7. The molecule has 0 atom stereocenters. The third kappa shape index (κ3) is 3.18. The highest BCUT2D eigenvalue weighted by Crippen LogP contribution is 2.12. The molecule has 1 rings (SSSR count). The molecule has 0 saturated carbocycles. The van der Waals surface area contributed by atoms with Gasteiger partial charge in [-0.2, -0.15) is 0 Å². The third-order valence-electron chi connectivity index (χ3n) is 1.86. The Morgan fingerprint density at radius 1 is 1.43 bits per heavy atom. The van der Waals surface area contributed by atoms with Crippen molar-refractivity contribution in [2.45, 2.75) is 6.92 Å². The SMILES string of the molecule is Cc1ccc(OC/C(=C\F)CN)cc1. The second kappa shape index (κ2) is 5.40. The lowest BCUT2D eigenvalue weighted by atomic mass is 10.2. The highest BCUT2D eigenvalue weighted by Gasteiger charge is 1.97. The summed E-state index contributed by atoms with van der Waals surface area (Å²) in [6, 6.07) is 7.58. The highest BCUT2D eigenvalue weighted by atomic mass is 19.1. The Labute approximate surface area is 83.2 Å². The van der Waals surface area contributed by atoms with Crippen LogP contribution in [0.2, 0.25) is 0 Å². The summed E-state index contributed by atoms with van der Waals surface area (Å²) in [4.78, 5) is 0. The van der Waals surface area contributed by atoms with Crippen molar-refractivity contribution in [1.82, 2.24) is 0 Å². The molecule has 14 heavy (non-hydrogen) atoms. The Balaban J connectivity index is 2.49. The van der Waals surface area contributed by atoms with Crippen LogP contribution in [0.25, 0.3) is 0 Å². The fourth-order valence-corrected chi connectivity index (χ4v) is 0.945. The van der Waals surface area contributed by atoms with E-state index in [1.165, 1.54) is 0 Å². The highest BCUT2D eigenvalue weighted by molar-refractivity contribution is 5.26. The van der Waals surface area contributed by atoms with E-state index in [4.69, 9.17) is 10.5 Å². The molecule has 3 heteroatoms. The van der Waals surface area contributed by atoms with Crippen molar-refractivity contribution in [2.75, 3.05) is 13.2 Å². The van der Waals surface area contributed by atoms with E-state index in [1.54, 1.807) is 0 Å². The zero-order valence-corrected chi connectivity index (χ0v) is 8.16. The lowest BCUT2D eigenvalue weighted by Crippen LogP contribution is -2.10. The van der Waals surface area contributed by atoms with Gasteiger partial charge in [-0.05, 0) is 19.1 Å². The van der Waals surface area contributed by atoms with Crippen LogP contribution < -0.4 is 10.5 Å². The Morgan fingerprint density at radius 3 is 2.57 bits per heavy atom. The molecule has 0 bridgehead atoms. The summed E-state index contributed by atoms with van der Waals surface area (Å²) in [5, 5.41) is 0. The summed E-state index contributed by atoms with van der Waals surface area (Å²) in [5.41, 5.74) is 6.90. The largest absolute Gasteiger partial charge is 0.489 e. The molecule has 1 aromatic carbocycles. The van der Waals surface area contributed by atoms with Gasteiger partial charge in [0.2, 0.25) is 0 Å². The molecule has 0 radical (unpaired) electrons. The predicted octanol–water partition coefficient (Wildman–Crippen LogP) is 2.19. The smallest absolute Gasteiger partial charge is 0.119 e. The molecule has 0 aliphatic heterocycles. The molecular weight excluding hydrogens is 181 g/mol. The number of hydrogen-bond donors (Lipinski definition) is 1. The summed E-state index contributed by atoms with van der Waals surface area (Å²) in [6.07, 6.45) is 0.494. The van der Waals surface area contributed by atoms with E-state index >= 15 is 0 Å². The van der Waals surface area contributed by atoms with Crippen LogP contribution in [0.1, 0.15) is 5.56 Å². The normalized spacial score (nSPS) is 11.5. The maximum atomic E-state index is 12.1. The molecule has 0 aliphatic rings. The van der Waals surface area contributed by atoms with Crippen LogP contribution in [0.3, 0.4) is 0 Å². The number of halogens is 1. The second-order valence-electron chi connectivity index (χ2n) is 3.07. The molecule has 0 amide bonds. The molecule has 0 spiro atoms. The summed E-state index contributed by atoms with van der Waals surface area (Å²) in [5.74, 6) is 0.725. The van der Waals surface area contributed by atoms with Crippen molar-refractivity contribution in [1.29, 1.82) is 0 Å². The van der Waals surface area contributed by atoms with Gasteiger partial charge in [-0.15, -0.1) is 0 Å². The van der Waals surface area contributed by atoms with Crippen LogP contribution in [-0.4, -0.2) is 13.2 Å². The Morgan fingerprint density at radius 2 is 2.07 bits per heavy atom. The Kier molecular flexibility index (Phi) is 4.13. The van der Waals surface area contributed by atoms with Crippen LogP contribution in [0.4, 0.5) is 4.39 Å². The number of nitrogens with two attached hydrogens (primary N) is 1. The standard InChI is InChI=1S/C11H14FNO/c1-9-2-4-11(5-3-9)14-8-10(6-12)7-13/h2-6H,7-8,13H2,1H3/b10-6-. The number of ether oxygens (including phenoxy) is 1. The number of rotatable bonds is 4. The van der Waals surface area contributed by atoms with Gasteiger partial charge in [0.05, 0.1) is 6.33 Å². The van der Waals surface area contributed by atoms with E-state index in [2.05, 4.69) is 0 Å². The molecule has 2 nitrogen and oxygen atoms in total. The molecule has 1 aromatic rings. The minimum Gasteiger partial charge on any atom is -0.489 e. The van der Waals surface area contributed by atoms with Crippen molar-refractivity contribution in [3.63, 3.8) is 0 Å².